The molecule has 1 fully saturated rings. The van der Waals surface area contributed by atoms with Gasteiger partial charge in [-0.15, -0.1) is 0 Å². The second-order valence-electron chi connectivity index (χ2n) is 7.64. The quantitative estimate of drug-likeness (QED) is 0.466. The summed E-state index contributed by atoms with van der Waals surface area (Å²) in [6.45, 7) is 1.49. The Kier molecular flexibility index (Phi) is 6.85. The first kappa shape index (κ1) is 21.1. The SMILES string of the molecule is O=C(c1ccc(C[S@](=O)c2ccc(Br)cc2)o1)N1CCC(Cc2ccccc2)CC1. The number of piperidine rings is 1. The maximum Gasteiger partial charge on any atom is 0.289 e. The molecule has 4 nitrogen and oxygen atoms in total. The van der Waals surface area contributed by atoms with Crippen LogP contribution in [0.3, 0.4) is 0 Å². The number of nitrogens with zero attached hydrogens (tertiary/aromatic N) is 1. The van der Waals surface area contributed by atoms with Crippen molar-refractivity contribution in [2.24, 2.45) is 5.92 Å². The zero-order valence-electron chi connectivity index (χ0n) is 16.6. The summed E-state index contributed by atoms with van der Waals surface area (Å²) in [6.07, 6.45) is 3.07. The summed E-state index contributed by atoms with van der Waals surface area (Å²) in [7, 11) is -1.21. The van der Waals surface area contributed by atoms with Crippen molar-refractivity contribution in [3.63, 3.8) is 0 Å². The van der Waals surface area contributed by atoms with Gasteiger partial charge in [0.2, 0.25) is 0 Å². The fraction of sp³-hybridized carbons (Fsp3) is 0.292. The fourth-order valence-corrected chi connectivity index (χ4v) is 5.10. The molecule has 4 rings (SSSR count). The van der Waals surface area contributed by atoms with Crippen molar-refractivity contribution < 1.29 is 13.4 Å². The zero-order chi connectivity index (χ0) is 20.9. The van der Waals surface area contributed by atoms with E-state index in [1.54, 1.807) is 12.1 Å². The zero-order valence-corrected chi connectivity index (χ0v) is 19.0. The van der Waals surface area contributed by atoms with E-state index < -0.39 is 10.8 Å². The first-order chi connectivity index (χ1) is 14.6. The minimum Gasteiger partial charge on any atom is -0.455 e. The third-order valence-electron chi connectivity index (χ3n) is 5.49. The van der Waals surface area contributed by atoms with Gasteiger partial charge in [-0.2, -0.15) is 0 Å². The Morgan fingerprint density at radius 2 is 1.70 bits per heavy atom. The molecule has 1 saturated heterocycles. The van der Waals surface area contributed by atoms with Gasteiger partial charge in [0, 0.05) is 22.5 Å². The van der Waals surface area contributed by atoms with E-state index >= 15 is 0 Å². The van der Waals surface area contributed by atoms with Crippen LogP contribution in [0.2, 0.25) is 0 Å². The highest BCUT2D eigenvalue weighted by Crippen LogP contribution is 2.24. The molecule has 1 atom stereocenters. The molecular weight excluding hydrogens is 462 g/mol. The van der Waals surface area contributed by atoms with Gasteiger partial charge in [0.15, 0.2) is 5.76 Å². The minimum atomic E-state index is -1.21. The summed E-state index contributed by atoms with van der Waals surface area (Å²) >= 11 is 3.38. The van der Waals surface area contributed by atoms with Crippen LogP contribution in [-0.2, 0) is 23.0 Å². The van der Waals surface area contributed by atoms with Gasteiger partial charge < -0.3 is 9.32 Å². The van der Waals surface area contributed by atoms with Gasteiger partial charge in [0.25, 0.3) is 5.91 Å². The van der Waals surface area contributed by atoms with Crippen molar-refractivity contribution in [3.8, 4) is 0 Å². The summed E-state index contributed by atoms with van der Waals surface area (Å²) in [5, 5.41) is 0. The van der Waals surface area contributed by atoms with E-state index in [0.29, 0.717) is 17.4 Å². The van der Waals surface area contributed by atoms with Gasteiger partial charge in [0.1, 0.15) is 5.76 Å². The van der Waals surface area contributed by atoms with Crippen molar-refractivity contribution >= 4 is 32.6 Å². The second-order valence-corrected chi connectivity index (χ2v) is 10.0. The van der Waals surface area contributed by atoms with Crippen molar-refractivity contribution in [2.45, 2.75) is 29.9 Å². The molecule has 2 heterocycles. The van der Waals surface area contributed by atoms with Crippen LogP contribution in [-0.4, -0.2) is 28.1 Å². The predicted molar refractivity (Wildman–Crippen MR) is 122 cm³/mol. The summed E-state index contributed by atoms with van der Waals surface area (Å²) in [6, 6.07) is 21.4. The van der Waals surface area contributed by atoms with Crippen LogP contribution in [0.25, 0.3) is 0 Å². The molecule has 1 aliphatic rings. The lowest BCUT2D eigenvalue weighted by atomic mass is 9.90. The number of carbonyl (C=O) groups excluding carboxylic acids is 1. The largest absolute Gasteiger partial charge is 0.455 e. The van der Waals surface area contributed by atoms with Crippen LogP contribution in [0, 0.1) is 5.92 Å². The Morgan fingerprint density at radius 3 is 2.40 bits per heavy atom. The second kappa shape index (κ2) is 9.75. The van der Waals surface area contributed by atoms with E-state index in [4.69, 9.17) is 4.42 Å². The number of furan rings is 1. The molecule has 3 aromatic rings. The first-order valence-corrected chi connectivity index (χ1v) is 12.3. The van der Waals surface area contributed by atoms with E-state index in [2.05, 4.69) is 40.2 Å². The van der Waals surface area contributed by atoms with Crippen LogP contribution in [0.15, 0.2) is 80.5 Å². The van der Waals surface area contributed by atoms with E-state index in [1.165, 1.54) is 5.56 Å². The molecule has 1 aliphatic heterocycles. The Morgan fingerprint density at radius 1 is 1.00 bits per heavy atom. The molecule has 0 bridgehead atoms. The number of halogens is 1. The van der Waals surface area contributed by atoms with E-state index in [9.17, 15) is 9.00 Å². The number of amides is 1. The molecule has 6 heteroatoms. The maximum atomic E-state index is 12.8. The highest BCUT2D eigenvalue weighted by atomic mass is 79.9. The van der Waals surface area contributed by atoms with Gasteiger partial charge in [0.05, 0.1) is 16.6 Å². The molecule has 0 saturated carbocycles. The molecule has 0 unspecified atom stereocenters. The molecule has 2 aromatic carbocycles. The maximum absolute atomic E-state index is 12.8. The average Bonchev–Trinajstić information content (AvgIpc) is 3.23. The predicted octanol–water partition coefficient (Wildman–Crippen LogP) is 5.44. The van der Waals surface area contributed by atoms with Crippen LogP contribution < -0.4 is 0 Å². The molecule has 0 aliphatic carbocycles. The number of benzene rings is 2. The topological polar surface area (TPSA) is 50.5 Å². The van der Waals surface area contributed by atoms with Crippen LogP contribution in [0.5, 0.6) is 0 Å². The molecular formula is C24H24BrNO3S. The summed E-state index contributed by atoms with van der Waals surface area (Å²) in [4.78, 5) is 15.4. The lowest BCUT2D eigenvalue weighted by Gasteiger charge is -2.31. The first-order valence-electron chi connectivity index (χ1n) is 10.1. The fourth-order valence-electron chi connectivity index (χ4n) is 3.81. The highest BCUT2D eigenvalue weighted by molar-refractivity contribution is 9.10. The third-order valence-corrected chi connectivity index (χ3v) is 7.36. The monoisotopic (exact) mass is 485 g/mol. The van der Waals surface area contributed by atoms with Crippen molar-refractivity contribution in [3.05, 3.63) is 88.3 Å². The number of carbonyl (C=O) groups is 1. The molecule has 0 spiro atoms. The summed E-state index contributed by atoms with van der Waals surface area (Å²) < 4.78 is 19.2. The lowest BCUT2D eigenvalue weighted by Crippen LogP contribution is -2.38. The Hall–Kier alpha value is -2.18. The number of likely N-dealkylation sites (tertiary alicyclic amines) is 1. The van der Waals surface area contributed by atoms with Crippen LogP contribution in [0.4, 0.5) is 0 Å². The Balaban J connectivity index is 1.31. The van der Waals surface area contributed by atoms with E-state index in [-0.39, 0.29) is 11.7 Å². The summed E-state index contributed by atoms with van der Waals surface area (Å²) in [5.74, 6) is 1.69. The molecule has 1 amide bonds. The Bertz CT molecular complexity index is 1010. The molecule has 30 heavy (non-hydrogen) atoms. The van der Waals surface area contributed by atoms with Crippen LogP contribution in [0.1, 0.15) is 34.7 Å². The smallest absolute Gasteiger partial charge is 0.289 e. The minimum absolute atomic E-state index is 0.0752. The van der Waals surface area contributed by atoms with Crippen LogP contribution >= 0.6 is 15.9 Å². The van der Waals surface area contributed by atoms with Gasteiger partial charge in [-0.05, 0) is 67.1 Å². The van der Waals surface area contributed by atoms with E-state index in [1.807, 2.05) is 35.2 Å². The number of rotatable bonds is 6. The molecule has 0 radical (unpaired) electrons. The lowest BCUT2D eigenvalue weighted by molar-refractivity contribution is 0.0657. The normalized spacial score (nSPS) is 15.8. The Labute approximate surface area is 187 Å². The van der Waals surface area contributed by atoms with Gasteiger partial charge in [-0.1, -0.05) is 46.3 Å². The van der Waals surface area contributed by atoms with Gasteiger partial charge in [-0.25, -0.2) is 0 Å². The third kappa shape index (κ3) is 5.29. The number of hydrogen-bond donors (Lipinski definition) is 0. The molecule has 0 N–H and O–H groups in total. The highest BCUT2D eigenvalue weighted by Gasteiger charge is 2.25. The van der Waals surface area contributed by atoms with Gasteiger partial charge >= 0.3 is 0 Å². The van der Waals surface area contributed by atoms with Gasteiger partial charge in [-0.3, -0.25) is 9.00 Å². The van der Waals surface area contributed by atoms with Crippen molar-refractivity contribution in [1.29, 1.82) is 0 Å². The van der Waals surface area contributed by atoms with Crippen molar-refractivity contribution in [2.75, 3.05) is 13.1 Å². The van der Waals surface area contributed by atoms with E-state index in [0.717, 1.165) is 41.7 Å². The molecule has 1 aromatic heterocycles. The standard InChI is InChI=1S/C24H24BrNO3S/c25-20-6-9-22(10-7-20)30(28)17-21-8-11-23(29-21)24(27)26-14-12-19(13-15-26)16-18-4-2-1-3-5-18/h1-11,19H,12-17H2/t30-/m0/s1. The average molecular weight is 486 g/mol. The molecule has 156 valence electrons. The van der Waals surface area contributed by atoms with Crippen molar-refractivity contribution in [1.82, 2.24) is 4.90 Å². The number of hydrogen-bond acceptors (Lipinski definition) is 3. The summed E-state index contributed by atoms with van der Waals surface area (Å²) in [5.41, 5.74) is 1.36.